The molecule has 1 fully saturated rings. The zero-order chi connectivity index (χ0) is 18.4. The van der Waals surface area contributed by atoms with E-state index in [9.17, 15) is 4.79 Å². The Morgan fingerprint density at radius 3 is 2.73 bits per heavy atom. The Morgan fingerprint density at radius 2 is 2.00 bits per heavy atom. The molecule has 2 aliphatic heterocycles. The number of fused-ring (bicyclic) bond motifs is 1. The Balaban J connectivity index is 1.43. The molecule has 142 valence electrons. The number of ether oxygens (including phenoxy) is 2. The van der Waals surface area contributed by atoms with Crippen molar-refractivity contribution >= 4 is 12.0 Å². The maximum Gasteiger partial charge on any atom is 0.250 e. The number of carbonyl (C=O) groups excluding carboxylic acids is 1. The third-order valence-corrected chi connectivity index (χ3v) is 5.07. The third-order valence-electron chi connectivity index (χ3n) is 5.07. The van der Waals surface area contributed by atoms with Crippen molar-refractivity contribution in [3.05, 3.63) is 29.3 Å². The number of carbonyl (C=O) groups is 1. The van der Waals surface area contributed by atoms with Crippen molar-refractivity contribution in [2.75, 3.05) is 59.5 Å². The SMILES string of the molecule is CCN1CCN(CCCNC(=O)C2=Cc3cc(OC)ccc3OC2)CC1. The Kier molecular flexibility index (Phi) is 6.52. The van der Waals surface area contributed by atoms with Gasteiger partial charge in [0.15, 0.2) is 0 Å². The largest absolute Gasteiger partial charge is 0.497 e. The monoisotopic (exact) mass is 359 g/mol. The summed E-state index contributed by atoms with van der Waals surface area (Å²) >= 11 is 0. The molecule has 1 aromatic rings. The lowest BCUT2D eigenvalue weighted by molar-refractivity contribution is -0.117. The fourth-order valence-electron chi connectivity index (χ4n) is 3.36. The molecule has 0 bridgehead atoms. The predicted molar refractivity (Wildman–Crippen MR) is 103 cm³/mol. The molecule has 0 radical (unpaired) electrons. The van der Waals surface area contributed by atoms with Crippen LogP contribution in [0.5, 0.6) is 11.5 Å². The van der Waals surface area contributed by atoms with Gasteiger partial charge < -0.3 is 24.6 Å². The molecule has 0 atom stereocenters. The fraction of sp³-hybridized carbons (Fsp3) is 0.550. The number of nitrogens with one attached hydrogen (secondary N) is 1. The Hall–Kier alpha value is -2.05. The van der Waals surface area contributed by atoms with E-state index in [4.69, 9.17) is 9.47 Å². The van der Waals surface area contributed by atoms with Crippen LogP contribution in [0.4, 0.5) is 0 Å². The van der Waals surface area contributed by atoms with E-state index in [2.05, 4.69) is 22.0 Å². The minimum atomic E-state index is -0.0470. The van der Waals surface area contributed by atoms with Crippen LogP contribution in [-0.2, 0) is 4.79 Å². The molecule has 2 aliphatic rings. The van der Waals surface area contributed by atoms with Gasteiger partial charge in [-0.2, -0.15) is 0 Å². The Labute approximate surface area is 155 Å². The lowest BCUT2D eigenvalue weighted by Gasteiger charge is -2.34. The van der Waals surface area contributed by atoms with Crippen molar-refractivity contribution in [1.82, 2.24) is 15.1 Å². The highest BCUT2D eigenvalue weighted by Gasteiger charge is 2.18. The van der Waals surface area contributed by atoms with Crippen LogP contribution < -0.4 is 14.8 Å². The Morgan fingerprint density at radius 1 is 1.23 bits per heavy atom. The molecule has 1 N–H and O–H groups in total. The average Bonchev–Trinajstić information content (AvgIpc) is 2.70. The van der Waals surface area contributed by atoms with Crippen molar-refractivity contribution in [1.29, 1.82) is 0 Å². The molecule has 6 nitrogen and oxygen atoms in total. The van der Waals surface area contributed by atoms with Crippen LogP contribution in [0.3, 0.4) is 0 Å². The molecule has 1 aromatic carbocycles. The molecule has 26 heavy (non-hydrogen) atoms. The van der Waals surface area contributed by atoms with Crippen LogP contribution >= 0.6 is 0 Å². The molecule has 1 saturated heterocycles. The van der Waals surface area contributed by atoms with Crippen LogP contribution in [0.15, 0.2) is 23.8 Å². The summed E-state index contributed by atoms with van der Waals surface area (Å²) in [7, 11) is 1.63. The maximum atomic E-state index is 12.4. The average molecular weight is 359 g/mol. The number of rotatable bonds is 7. The second-order valence-electron chi connectivity index (χ2n) is 6.75. The summed E-state index contributed by atoms with van der Waals surface area (Å²) in [6.45, 7) is 9.93. The lowest BCUT2D eigenvalue weighted by atomic mass is 10.1. The van der Waals surface area contributed by atoms with Gasteiger partial charge in [-0.05, 0) is 43.8 Å². The number of hydrogen-bond donors (Lipinski definition) is 1. The van der Waals surface area contributed by atoms with Crippen molar-refractivity contribution in [2.24, 2.45) is 0 Å². The fourth-order valence-corrected chi connectivity index (χ4v) is 3.36. The first kappa shape index (κ1) is 18.7. The second kappa shape index (κ2) is 9.05. The highest BCUT2D eigenvalue weighted by molar-refractivity contribution is 5.99. The summed E-state index contributed by atoms with van der Waals surface area (Å²) in [5.74, 6) is 1.50. The molecule has 3 rings (SSSR count). The van der Waals surface area contributed by atoms with Crippen LogP contribution in [0.25, 0.3) is 6.08 Å². The number of nitrogens with zero attached hydrogens (tertiary/aromatic N) is 2. The van der Waals surface area contributed by atoms with Crippen molar-refractivity contribution in [3.63, 3.8) is 0 Å². The number of benzene rings is 1. The van der Waals surface area contributed by atoms with E-state index in [1.807, 2.05) is 24.3 Å². The topological polar surface area (TPSA) is 54.0 Å². The number of likely N-dealkylation sites (N-methyl/N-ethyl adjacent to an activating group) is 1. The van der Waals surface area contributed by atoms with Crippen molar-refractivity contribution in [2.45, 2.75) is 13.3 Å². The van der Waals surface area contributed by atoms with E-state index in [0.29, 0.717) is 18.7 Å². The van der Waals surface area contributed by atoms with E-state index >= 15 is 0 Å². The van der Waals surface area contributed by atoms with Crippen LogP contribution in [-0.4, -0.2) is 75.2 Å². The first-order valence-electron chi connectivity index (χ1n) is 9.44. The summed E-state index contributed by atoms with van der Waals surface area (Å²) in [6.07, 6.45) is 2.86. The molecule has 6 heteroatoms. The van der Waals surface area contributed by atoms with Gasteiger partial charge in [0.2, 0.25) is 0 Å². The minimum Gasteiger partial charge on any atom is -0.497 e. The van der Waals surface area contributed by atoms with E-state index in [0.717, 1.165) is 62.8 Å². The van der Waals surface area contributed by atoms with Gasteiger partial charge in [0.05, 0.1) is 12.7 Å². The smallest absolute Gasteiger partial charge is 0.250 e. The molecule has 2 heterocycles. The summed E-state index contributed by atoms with van der Waals surface area (Å²) in [4.78, 5) is 17.3. The molecule has 0 saturated carbocycles. The van der Waals surface area contributed by atoms with Gasteiger partial charge in [0.25, 0.3) is 5.91 Å². The van der Waals surface area contributed by atoms with Gasteiger partial charge in [-0.15, -0.1) is 0 Å². The summed E-state index contributed by atoms with van der Waals surface area (Å²) in [5.41, 5.74) is 1.54. The van der Waals surface area contributed by atoms with Crippen molar-refractivity contribution in [3.8, 4) is 11.5 Å². The van der Waals surface area contributed by atoms with Gasteiger partial charge >= 0.3 is 0 Å². The molecule has 0 aromatic heterocycles. The summed E-state index contributed by atoms with van der Waals surface area (Å²) < 4.78 is 10.9. The van der Waals surface area contributed by atoms with Crippen LogP contribution in [0.1, 0.15) is 18.9 Å². The maximum absolute atomic E-state index is 12.4. The van der Waals surface area contributed by atoms with Gasteiger partial charge in [-0.3, -0.25) is 4.79 Å². The molecule has 0 spiro atoms. The van der Waals surface area contributed by atoms with E-state index in [1.165, 1.54) is 0 Å². The van der Waals surface area contributed by atoms with E-state index in [-0.39, 0.29) is 5.91 Å². The normalized spacial score (nSPS) is 17.8. The highest BCUT2D eigenvalue weighted by Crippen LogP contribution is 2.29. The number of amides is 1. The standard InChI is InChI=1S/C20H29N3O3/c1-3-22-9-11-23(12-10-22)8-4-7-21-20(24)17-13-16-14-18(25-2)5-6-19(16)26-15-17/h5-6,13-14H,3-4,7-12,15H2,1-2H3,(H,21,24). The lowest BCUT2D eigenvalue weighted by Crippen LogP contribution is -2.46. The minimum absolute atomic E-state index is 0.0470. The number of piperazine rings is 1. The summed E-state index contributed by atoms with van der Waals surface area (Å²) in [6, 6.07) is 5.62. The third kappa shape index (κ3) is 4.77. The highest BCUT2D eigenvalue weighted by atomic mass is 16.5. The Bertz CT molecular complexity index is 652. The molecule has 0 aliphatic carbocycles. The first-order valence-corrected chi connectivity index (χ1v) is 9.44. The number of methoxy groups -OCH3 is 1. The number of hydrogen-bond acceptors (Lipinski definition) is 5. The van der Waals surface area contributed by atoms with Gasteiger partial charge in [0.1, 0.15) is 18.1 Å². The zero-order valence-electron chi connectivity index (χ0n) is 15.8. The van der Waals surface area contributed by atoms with Gasteiger partial charge in [-0.1, -0.05) is 6.92 Å². The van der Waals surface area contributed by atoms with Crippen LogP contribution in [0.2, 0.25) is 0 Å². The first-order chi connectivity index (χ1) is 12.7. The molecular formula is C20H29N3O3. The van der Waals surface area contributed by atoms with E-state index in [1.54, 1.807) is 7.11 Å². The zero-order valence-corrected chi connectivity index (χ0v) is 15.8. The van der Waals surface area contributed by atoms with Crippen LogP contribution in [0, 0.1) is 0 Å². The second-order valence-corrected chi connectivity index (χ2v) is 6.75. The van der Waals surface area contributed by atoms with Crippen molar-refractivity contribution < 1.29 is 14.3 Å². The quantitative estimate of drug-likeness (QED) is 0.750. The van der Waals surface area contributed by atoms with Gasteiger partial charge in [-0.25, -0.2) is 0 Å². The molecule has 0 unspecified atom stereocenters. The summed E-state index contributed by atoms with van der Waals surface area (Å²) in [5, 5.41) is 3.02. The molecule has 1 amide bonds. The van der Waals surface area contributed by atoms with E-state index < -0.39 is 0 Å². The molecular weight excluding hydrogens is 330 g/mol. The van der Waals surface area contributed by atoms with Gasteiger partial charge in [0, 0.05) is 38.3 Å². The predicted octanol–water partition coefficient (Wildman–Crippen LogP) is 1.61.